The van der Waals surface area contributed by atoms with Crippen LogP contribution in [0.25, 0.3) is 5.70 Å². The molecule has 1 atom stereocenters. The maximum atomic E-state index is 6.41. The highest BCUT2D eigenvalue weighted by molar-refractivity contribution is 6.31. The number of nitrogens with one attached hydrogen (secondary N) is 1. The van der Waals surface area contributed by atoms with Crippen molar-refractivity contribution in [3.05, 3.63) is 76.3 Å². The van der Waals surface area contributed by atoms with Crippen LogP contribution in [0.3, 0.4) is 0 Å². The highest BCUT2D eigenvalue weighted by Crippen LogP contribution is 2.34. The molecule has 0 saturated carbocycles. The second kappa shape index (κ2) is 6.33. The Bertz CT molecular complexity index is 927. The molecule has 0 radical (unpaired) electrons. The van der Waals surface area contributed by atoms with Gasteiger partial charge in [0.2, 0.25) is 5.95 Å². The van der Waals surface area contributed by atoms with Gasteiger partial charge in [-0.25, -0.2) is 0 Å². The summed E-state index contributed by atoms with van der Waals surface area (Å²) in [6.45, 7) is 4.38. The molecule has 1 unspecified atom stereocenters. The van der Waals surface area contributed by atoms with Gasteiger partial charge in [0, 0.05) is 10.7 Å². The molecular weight excluding hydrogens is 334 g/mol. The lowest BCUT2D eigenvalue weighted by atomic mass is 9.98. The zero-order chi connectivity index (χ0) is 17.4. The van der Waals surface area contributed by atoms with E-state index in [0.29, 0.717) is 16.9 Å². The number of rotatable bonds is 3. The van der Waals surface area contributed by atoms with E-state index in [1.807, 2.05) is 24.3 Å². The molecular formula is C19H18ClN5. The van der Waals surface area contributed by atoms with Crippen molar-refractivity contribution in [2.45, 2.75) is 25.8 Å². The highest BCUT2D eigenvalue weighted by Gasteiger charge is 2.25. The Hall–Kier alpha value is -2.66. The molecule has 0 amide bonds. The molecule has 126 valence electrons. The first-order chi connectivity index (χ1) is 12.1. The van der Waals surface area contributed by atoms with Crippen LogP contribution in [0.2, 0.25) is 5.02 Å². The summed E-state index contributed by atoms with van der Waals surface area (Å²) in [5, 5.41) is 16.0. The third-order valence-electron chi connectivity index (χ3n) is 4.44. The van der Waals surface area contributed by atoms with Crippen molar-refractivity contribution in [2.75, 3.05) is 5.32 Å². The first-order valence-electron chi connectivity index (χ1n) is 8.25. The van der Waals surface area contributed by atoms with E-state index in [1.165, 1.54) is 5.56 Å². The summed E-state index contributed by atoms with van der Waals surface area (Å²) in [4.78, 5) is 0. The lowest BCUT2D eigenvalue weighted by molar-refractivity contribution is 0.586. The van der Waals surface area contributed by atoms with E-state index in [-0.39, 0.29) is 6.04 Å². The van der Waals surface area contributed by atoms with Gasteiger partial charge in [0.25, 0.3) is 0 Å². The van der Waals surface area contributed by atoms with Crippen LogP contribution in [0, 0.1) is 0 Å². The van der Waals surface area contributed by atoms with Crippen LogP contribution >= 0.6 is 11.6 Å². The van der Waals surface area contributed by atoms with Gasteiger partial charge in [-0.3, -0.25) is 0 Å². The largest absolute Gasteiger partial charge is 0.323 e. The summed E-state index contributed by atoms with van der Waals surface area (Å²) in [6, 6.07) is 16.2. The van der Waals surface area contributed by atoms with E-state index in [0.717, 1.165) is 16.8 Å². The van der Waals surface area contributed by atoms with Gasteiger partial charge in [-0.1, -0.05) is 73.0 Å². The fourth-order valence-electron chi connectivity index (χ4n) is 3.01. The third kappa shape index (κ3) is 2.91. The van der Waals surface area contributed by atoms with Crippen molar-refractivity contribution in [3.63, 3.8) is 0 Å². The zero-order valence-corrected chi connectivity index (χ0v) is 14.8. The zero-order valence-electron chi connectivity index (χ0n) is 14.0. The highest BCUT2D eigenvalue weighted by atomic mass is 35.5. The Morgan fingerprint density at radius 2 is 1.84 bits per heavy atom. The van der Waals surface area contributed by atoms with Gasteiger partial charge in [0.05, 0.1) is 0 Å². The summed E-state index contributed by atoms with van der Waals surface area (Å²) >= 11 is 6.41. The van der Waals surface area contributed by atoms with Crippen molar-refractivity contribution in [1.82, 2.24) is 20.2 Å². The van der Waals surface area contributed by atoms with Crippen LogP contribution in [-0.2, 0) is 0 Å². The molecule has 1 aliphatic rings. The van der Waals surface area contributed by atoms with E-state index in [1.54, 1.807) is 4.68 Å². The van der Waals surface area contributed by atoms with Gasteiger partial charge in [0.1, 0.15) is 6.04 Å². The molecule has 3 aromatic rings. The molecule has 1 N–H and O–H groups in total. The van der Waals surface area contributed by atoms with Crippen LogP contribution in [0.4, 0.5) is 5.95 Å². The maximum Gasteiger partial charge on any atom is 0.248 e. The fraction of sp³-hybridized carbons (Fsp3) is 0.211. The summed E-state index contributed by atoms with van der Waals surface area (Å²) in [6.07, 6.45) is 2.11. The van der Waals surface area contributed by atoms with Crippen molar-refractivity contribution in [1.29, 1.82) is 0 Å². The van der Waals surface area contributed by atoms with E-state index in [4.69, 9.17) is 11.6 Å². The minimum absolute atomic E-state index is 0.153. The van der Waals surface area contributed by atoms with Crippen molar-refractivity contribution in [2.24, 2.45) is 0 Å². The molecule has 0 saturated heterocycles. The molecule has 0 bridgehead atoms. The number of benzene rings is 2. The minimum Gasteiger partial charge on any atom is -0.323 e. The summed E-state index contributed by atoms with van der Waals surface area (Å²) in [5.74, 6) is 1.11. The molecule has 6 heteroatoms. The van der Waals surface area contributed by atoms with Crippen molar-refractivity contribution < 1.29 is 0 Å². The predicted octanol–water partition coefficient (Wildman–Crippen LogP) is 4.51. The van der Waals surface area contributed by atoms with Crippen LogP contribution in [0.15, 0.2) is 54.6 Å². The van der Waals surface area contributed by atoms with Gasteiger partial charge in [0.15, 0.2) is 0 Å². The number of hydrogen-bond acceptors (Lipinski definition) is 4. The average molecular weight is 352 g/mol. The number of fused-ring (bicyclic) bond motifs is 1. The Balaban J connectivity index is 1.77. The molecule has 5 nitrogen and oxygen atoms in total. The molecule has 4 rings (SSSR count). The maximum absolute atomic E-state index is 6.41. The van der Waals surface area contributed by atoms with Crippen LogP contribution in [-0.4, -0.2) is 20.2 Å². The standard InChI is InChI=1S/C19H18ClN5/c1-12(2)13-7-9-14(10-8-13)17-11-18(15-5-3-4-6-16(15)20)25-19(21-17)22-23-24-25/h3-12,18H,1-2H3,(H,21,22,24). The van der Waals surface area contributed by atoms with Crippen molar-refractivity contribution >= 4 is 23.2 Å². The summed E-state index contributed by atoms with van der Waals surface area (Å²) in [5.41, 5.74) is 4.35. The first-order valence-corrected chi connectivity index (χ1v) is 8.63. The number of allylic oxidation sites excluding steroid dienone is 1. The summed E-state index contributed by atoms with van der Waals surface area (Å²) < 4.78 is 1.74. The molecule has 2 heterocycles. The van der Waals surface area contributed by atoms with Gasteiger partial charge in [-0.15, -0.1) is 0 Å². The smallest absolute Gasteiger partial charge is 0.248 e. The quantitative estimate of drug-likeness (QED) is 0.754. The van der Waals surface area contributed by atoms with E-state index >= 15 is 0 Å². The van der Waals surface area contributed by atoms with Gasteiger partial charge in [-0.05, 0) is 45.2 Å². The van der Waals surface area contributed by atoms with Crippen LogP contribution < -0.4 is 5.32 Å². The van der Waals surface area contributed by atoms with E-state index in [9.17, 15) is 0 Å². The minimum atomic E-state index is -0.153. The molecule has 0 spiro atoms. The van der Waals surface area contributed by atoms with Gasteiger partial charge >= 0.3 is 0 Å². The molecule has 0 fully saturated rings. The number of halogens is 1. The molecule has 0 aliphatic carbocycles. The number of tetrazole rings is 1. The second-order valence-corrected chi connectivity index (χ2v) is 6.80. The predicted molar refractivity (Wildman–Crippen MR) is 99.5 cm³/mol. The number of hydrogen-bond donors (Lipinski definition) is 1. The lowest BCUT2D eigenvalue weighted by Gasteiger charge is -2.24. The van der Waals surface area contributed by atoms with Gasteiger partial charge in [-0.2, -0.15) is 4.68 Å². The number of aromatic nitrogens is 4. The van der Waals surface area contributed by atoms with E-state index in [2.05, 4.69) is 65.0 Å². The molecule has 1 aliphatic heterocycles. The average Bonchev–Trinajstić information content (AvgIpc) is 3.10. The Morgan fingerprint density at radius 1 is 1.08 bits per heavy atom. The number of nitrogens with zero attached hydrogens (tertiary/aromatic N) is 4. The van der Waals surface area contributed by atoms with Crippen LogP contribution in [0.1, 0.15) is 42.5 Å². The van der Waals surface area contributed by atoms with Gasteiger partial charge < -0.3 is 5.32 Å². The monoisotopic (exact) mass is 351 g/mol. The fourth-order valence-corrected chi connectivity index (χ4v) is 3.25. The Labute approximate surface area is 151 Å². The Morgan fingerprint density at radius 3 is 2.56 bits per heavy atom. The molecule has 2 aromatic carbocycles. The Kier molecular flexibility index (Phi) is 4.01. The number of anilines is 1. The molecule has 1 aromatic heterocycles. The first kappa shape index (κ1) is 15.8. The topological polar surface area (TPSA) is 55.6 Å². The van der Waals surface area contributed by atoms with Crippen LogP contribution in [0.5, 0.6) is 0 Å². The van der Waals surface area contributed by atoms with E-state index < -0.39 is 0 Å². The third-order valence-corrected chi connectivity index (χ3v) is 4.78. The summed E-state index contributed by atoms with van der Waals surface area (Å²) in [7, 11) is 0. The normalized spacial score (nSPS) is 16.3. The SMILES string of the molecule is CC(C)c1ccc(C2=CC(c3ccccc3Cl)n3nnnc3N2)cc1. The van der Waals surface area contributed by atoms with Crippen molar-refractivity contribution in [3.8, 4) is 0 Å². The second-order valence-electron chi connectivity index (χ2n) is 6.40. The lowest BCUT2D eigenvalue weighted by Crippen LogP contribution is -2.20. The molecule has 25 heavy (non-hydrogen) atoms.